The number of carboxylic acids is 1. The minimum absolute atomic E-state index is 0.0400. The van der Waals surface area contributed by atoms with Gasteiger partial charge in [-0.05, 0) is 12.0 Å². The first kappa shape index (κ1) is 13.4. The molecule has 19 heavy (non-hydrogen) atoms. The molecule has 5 nitrogen and oxygen atoms in total. The Kier molecular flexibility index (Phi) is 4.39. The summed E-state index contributed by atoms with van der Waals surface area (Å²) in [5.41, 5.74) is 1.25. The maximum Gasteiger partial charge on any atom is 0.317 e. The van der Waals surface area contributed by atoms with Crippen LogP contribution in [-0.4, -0.2) is 41.6 Å². The molecule has 5 heteroatoms. The number of carbonyl (C=O) groups excluding carboxylic acids is 1. The van der Waals surface area contributed by atoms with Crippen molar-refractivity contribution in [1.29, 1.82) is 0 Å². The zero-order valence-corrected chi connectivity index (χ0v) is 10.7. The van der Waals surface area contributed by atoms with Crippen LogP contribution < -0.4 is 5.32 Å². The molecule has 1 aromatic rings. The van der Waals surface area contributed by atoms with E-state index in [9.17, 15) is 9.59 Å². The molecule has 1 saturated heterocycles. The smallest absolute Gasteiger partial charge is 0.317 e. The molecule has 2 rings (SSSR count). The van der Waals surface area contributed by atoms with Gasteiger partial charge in [-0.3, -0.25) is 4.79 Å². The number of likely N-dealkylation sites (tertiary alicyclic amines) is 1. The number of amides is 2. The number of benzene rings is 1. The van der Waals surface area contributed by atoms with E-state index in [1.54, 1.807) is 4.90 Å². The molecule has 0 spiro atoms. The number of nitrogens with zero attached hydrogens (tertiary/aromatic N) is 1. The predicted molar refractivity (Wildman–Crippen MR) is 71.0 cm³/mol. The third-order valence-electron chi connectivity index (χ3n) is 3.36. The largest absolute Gasteiger partial charge is 0.481 e. The van der Waals surface area contributed by atoms with E-state index in [4.69, 9.17) is 5.11 Å². The van der Waals surface area contributed by atoms with Crippen molar-refractivity contribution >= 4 is 12.0 Å². The molecule has 2 amide bonds. The van der Waals surface area contributed by atoms with Crippen molar-refractivity contribution in [3.63, 3.8) is 0 Å². The fourth-order valence-corrected chi connectivity index (χ4v) is 2.33. The Morgan fingerprint density at radius 2 is 2.05 bits per heavy atom. The van der Waals surface area contributed by atoms with Gasteiger partial charge in [0.15, 0.2) is 0 Å². The fraction of sp³-hybridized carbons (Fsp3) is 0.429. The minimum atomic E-state index is -0.899. The first-order chi connectivity index (χ1) is 9.16. The summed E-state index contributed by atoms with van der Waals surface area (Å²) >= 11 is 0. The Bertz CT molecular complexity index is 447. The molecule has 0 aromatic heterocycles. The topological polar surface area (TPSA) is 69.6 Å². The SMILES string of the molecule is O=C(O)CCNC(=O)N1CCC(c2ccccc2)C1. The lowest BCUT2D eigenvalue weighted by molar-refractivity contribution is -0.136. The molecular weight excluding hydrogens is 244 g/mol. The highest BCUT2D eigenvalue weighted by Gasteiger charge is 2.26. The number of carbonyl (C=O) groups is 2. The summed E-state index contributed by atoms with van der Waals surface area (Å²) in [6.45, 7) is 1.60. The van der Waals surface area contributed by atoms with Crippen LogP contribution in [0.15, 0.2) is 30.3 Å². The molecule has 1 fully saturated rings. The number of carboxylic acid groups (broad SMARTS) is 1. The van der Waals surface area contributed by atoms with Gasteiger partial charge >= 0.3 is 12.0 Å². The molecule has 1 aliphatic heterocycles. The molecule has 1 heterocycles. The third-order valence-corrected chi connectivity index (χ3v) is 3.36. The van der Waals surface area contributed by atoms with Gasteiger partial charge < -0.3 is 15.3 Å². The van der Waals surface area contributed by atoms with E-state index < -0.39 is 5.97 Å². The molecule has 2 N–H and O–H groups in total. The van der Waals surface area contributed by atoms with E-state index >= 15 is 0 Å². The quantitative estimate of drug-likeness (QED) is 0.867. The lowest BCUT2D eigenvalue weighted by Gasteiger charge is -2.17. The fourth-order valence-electron chi connectivity index (χ4n) is 2.33. The van der Waals surface area contributed by atoms with E-state index in [1.807, 2.05) is 18.2 Å². The Hall–Kier alpha value is -2.04. The summed E-state index contributed by atoms with van der Waals surface area (Å²) < 4.78 is 0. The second kappa shape index (κ2) is 6.22. The van der Waals surface area contributed by atoms with Crippen molar-refractivity contribution in [1.82, 2.24) is 10.2 Å². The van der Waals surface area contributed by atoms with E-state index in [2.05, 4.69) is 17.4 Å². The summed E-state index contributed by atoms with van der Waals surface area (Å²) in [4.78, 5) is 23.9. The van der Waals surface area contributed by atoms with Crippen molar-refractivity contribution in [3.8, 4) is 0 Å². The van der Waals surface area contributed by atoms with Crippen molar-refractivity contribution in [2.75, 3.05) is 19.6 Å². The van der Waals surface area contributed by atoms with Crippen LogP contribution >= 0.6 is 0 Å². The third kappa shape index (κ3) is 3.71. The number of aliphatic carboxylic acids is 1. The van der Waals surface area contributed by atoms with Crippen molar-refractivity contribution < 1.29 is 14.7 Å². The molecule has 102 valence electrons. The van der Waals surface area contributed by atoms with E-state index in [1.165, 1.54) is 5.56 Å². The van der Waals surface area contributed by atoms with Gasteiger partial charge in [0.05, 0.1) is 6.42 Å². The molecule has 0 aliphatic carbocycles. The van der Waals surface area contributed by atoms with E-state index in [-0.39, 0.29) is 19.0 Å². The lowest BCUT2D eigenvalue weighted by atomic mass is 9.99. The number of rotatable bonds is 4. The first-order valence-electron chi connectivity index (χ1n) is 6.46. The van der Waals surface area contributed by atoms with Crippen LogP contribution in [0.4, 0.5) is 4.79 Å². The summed E-state index contributed by atoms with van der Waals surface area (Å²) in [7, 11) is 0. The summed E-state index contributed by atoms with van der Waals surface area (Å²) in [5.74, 6) is -0.518. The Balaban J connectivity index is 1.81. The van der Waals surface area contributed by atoms with Gasteiger partial charge in [0.1, 0.15) is 0 Å². The number of nitrogens with one attached hydrogen (secondary N) is 1. The van der Waals surface area contributed by atoms with Gasteiger partial charge in [-0.15, -0.1) is 0 Å². The lowest BCUT2D eigenvalue weighted by Crippen LogP contribution is -2.39. The van der Waals surface area contributed by atoms with Gasteiger partial charge in [-0.1, -0.05) is 30.3 Å². The van der Waals surface area contributed by atoms with Crippen LogP contribution in [0.2, 0.25) is 0 Å². The molecule has 0 saturated carbocycles. The van der Waals surface area contributed by atoms with Crippen LogP contribution in [0.25, 0.3) is 0 Å². The molecule has 1 unspecified atom stereocenters. The highest BCUT2D eigenvalue weighted by atomic mass is 16.4. The minimum Gasteiger partial charge on any atom is -0.481 e. The molecular formula is C14H18N2O3. The maximum atomic E-state index is 11.8. The second-order valence-electron chi connectivity index (χ2n) is 4.72. The average molecular weight is 262 g/mol. The van der Waals surface area contributed by atoms with Gasteiger partial charge in [-0.2, -0.15) is 0 Å². The zero-order valence-electron chi connectivity index (χ0n) is 10.7. The highest BCUT2D eigenvalue weighted by Crippen LogP contribution is 2.26. The second-order valence-corrected chi connectivity index (χ2v) is 4.72. The molecule has 1 aliphatic rings. The number of hydrogen-bond donors (Lipinski definition) is 2. The summed E-state index contributed by atoms with van der Waals surface area (Å²) in [6, 6.07) is 9.98. The molecule has 0 bridgehead atoms. The van der Waals surface area contributed by atoms with Crippen molar-refractivity contribution in [2.24, 2.45) is 0 Å². The average Bonchev–Trinajstić information content (AvgIpc) is 2.89. The summed E-state index contributed by atoms with van der Waals surface area (Å²) in [6.07, 6.45) is 0.915. The predicted octanol–water partition coefficient (Wildman–Crippen LogP) is 1.66. The van der Waals surface area contributed by atoms with Crippen molar-refractivity contribution in [3.05, 3.63) is 35.9 Å². The Labute approximate surface area is 112 Å². The van der Waals surface area contributed by atoms with Crippen LogP contribution in [0.5, 0.6) is 0 Å². The zero-order chi connectivity index (χ0) is 13.7. The van der Waals surface area contributed by atoms with Crippen LogP contribution in [-0.2, 0) is 4.79 Å². The molecule has 1 atom stereocenters. The molecule has 0 radical (unpaired) electrons. The van der Waals surface area contributed by atoms with Gasteiger partial charge in [-0.25, -0.2) is 4.79 Å². The molecule has 1 aromatic carbocycles. The van der Waals surface area contributed by atoms with E-state index in [0.717, 1.165) is 13.0 Å². The van der Waals surface area contributed by atoms with Crippen molar-refractivity contribution in [2.45, 2.75) is 18.8 Å². The summed E-state index contributed by atoms with van der Waals surface area (Å²) in [5, 5.41) is 11.2. The Morgan fingerprint density at radius 1 is 1.32 bits per heavy atom. The van der Waals surface area contributed by atoms with Gasteiger partial charge in [0, 0.05) is 25.6 Å². The highest BCUT2D eigenvalue weighted by molar-refractivity contribution is 5.75. The number of hydrogen-bond acceptors (Lipinski definition) is 2. The first-order valence-corrected chi connectivity index (χ1v) is 6.46. The monoisotopic (exact) mass is 262 g/mol. The van der Waals surface area contributed by atoms with Crippen LogP contribution in [0.3, 0.4) is 0 Å². The van der Waals surface area contributed by atoms with Gasteiger partial charge in [0.2, 0.25) is 0 Å². The Morgan fingerprint density at radius 3 is 2.74 bits per heavy atom. The standard InChI is InChI=1S/C14H18N2O3/c17-13(18)6-8-15-14(19)16-9-7-12(10-16)11-4-2-1-3-5-11/h1-5,12H,6-10H2,(H,15,19)(H,17,18). The van der Waals surface area contributed by atoms with Crippen LogP contribution in [0, 0.1) is 0 Å². The van der Waals surface area contributed by atoms with Crippen LogP contribution in [0.1, 0.15) is 24.3 Å². The van der Waals surface area contributed by atoms with E-state index in [0.29, 0.717) is 12.5 Å². The van der Waals surface area contributed by atoms with Gasteiger partial charge in [0.25, 0.3) is 0 Å². The maximum absolute atomic E-state index is 11.8. The normalized spacial score (nSPS) is 18.3. The number of urea groups is 1.